The predicted octanol–water partition coefficient (Wildman–Crippen LogP) is 5.65. The van der Waals surface area contributed by atoms with E-state index in [1.165, 1.54) is 11.1 Å². The van der Waals surface area contributed by atoms with Crippen LogP contribution >= 0.6 is 11.6 Å². The molecule has 1 amide bonds. The summed E-state index contributed by atoms with van der Waals surface area (Å²) in [6.07, 6.45) is 10.2. The zero-order valence-corrected chi connectivity index (χ0v) is 25.8. The fourth-order valence-corrected chi connectivity index (χ4v) is 9.23. The molecule has 1 N–H and O–H groups in total. The summed E-state index contributed by atoms with van der Waals surface area (Å²) in [6.45, 7) is 6.40. The van der Waals surface area contributed by atoms with Gasteiger partial charge in [-0.2, -0.15) is 0 Å². The highest BCUT2D eigenvalue weighted by atomic mass is 35.5. The van der Waals surface area contributed by atoms with Gasteiger partial charge in [0.05, 0.1) is 24.2 Å². The highest BCUT2D eigenvalue weighted by molar-refractivity contribution is 7.90. The Bertz CT molecular complexity index is 1550. The Morgan fingerprint density at radius 2 is 1.93 bits per heavy atom. The third kappa shape index (κ3) is 4.83. The van der Waals surface area contributed by atoms with E-state index in [1.54, 1.807) is 13.0 Å². The molecule has 2 bridgehead atoms. The van der Waals surface area contributed by atoms with Crippen LogP contribution in [-0.4, -0.2) is 51.5 Å². The lowest BCUT2D eigenvalue weighted by molar-refractivity contribution is 0.0978. The van der Waals surface area contributed by atoms with Gasteiger partial charge in [-0.1, -0.05) is 36.7 Å². The van der Waals surface area contributed by atoms with Crippen molar-refractivity contribution in [3.8, 4) is 5.75 Å². The van der Waals surface area contributed by atoms with Crippen molar-refractivity contribution in [2.75, 3.05) is 31.2 Å². The first-order valence-electron chi connectivity index (χ1n) is 15.3. The van der Waals surface area contributed by atoms with E-state index in [-0.39, 0.29) is 16.9 Å². The number of allylic oxidation sites excluding steroid dienone is 1. The van der Waals surface area contributed by atoms with Gasteiger partial charge in [-0.25, -0.2) is 13.1 Å². The second-order valence-electron chi connectivity index (χ2n) is 13.3. The molecule has 1 saturated carbocycles. The van der Waals surface area contributed by atoms with Crippen LogP contribution in [0.1, 0.15) is 67.4 Å². The van der Waals surface area contributed by atoms with Crippen molar-refractivity contribution in [1.29, 1.82) is 0 Å². The SMILES string of the molecule is C[C@@H]1[C@@H](C)C/C=C/[C@]2(CO2)[C@@H]2CC[C@H]2CN2C[C@@]3(CCCc4cc(Cl)ccc43)COc3ccc(cc32)C(=O)NS1(=O)=O. The average Bonchev–Trinajstić information content (AvgIpc) is 3.73. The van der Waals surface area contributed by atoms with E-state index in [2.05, 4.69) is 33.9 Å². The fraction of sp³-hybridized carbons (Fsp3) is 0.545. The molecular weight excluding hydrogens is 572 g/mol. The van der Waals surface area contributed by atoms with Gasteiger partial charge in [0.25, 0.3) is 5.91 Å². The first kappa shape index (κ1) is 28.2. The molecule has 1 saturated heterocycles. The Hall–Kier alpha value is -2.55. The molecule has 2 spiro atoms. The molecule has 224 valence electrons. The molecule has 0 radical (unpaired) electrons. The number of hydrogen-bond donors (Lipinski definition) is 1. The number of aryl methyl sites for hydroxylation is 1. The van der Waals surface area contributed by atoms with E-state index < -0.39 is 21.2 Å². The number of ether oxygens (including phenoxy) is 2. The molecule has 0 unspecified atom stereocenters. The van der Waals surface area contributed by atoms with Crippen LogP contribution in [0.5, 0.6) is 5.75 Å². The summed E-state index contributed by atoms with van der Waals surface area (Å²) >= 11 is 6.41. The van der Waals surface area contributed by atoms with Gasteiger partial charge in [-0.05, 0) is 105 Å². The second-order valence-corrected chi connectivity index (χ2v) is 15.7. The van der Waals surface area contributed by atoms with Gasteiger partial charge in [0.2, 0.25) is 10.0 Å². The summed E-state index contributed by atoms with van der Waals surface area (Å²) in [7, 11) is -3.88. The lowest BCUT2D eigenvalue weighted by atomic mass is 9.66. The van der Waals surface area contributed by atoms with Gasteiger partial charge in [0.15, 0.2) is 0 Å². The Kier molecular flexibility index (Phi) is 6.91. The summed E-state index contributed by atoms with van der Waals surface area (Å²) in [6, 6.07) is 11.6. The summed E-state index contributed by atoms with van der Waals surface area (Å²) in [5, 5.41) is 0.0231. The number of hydrogen-bond acceptors (Lipinski definition) is 6. The van der Waals surface area contributed by atoms with Gasteiger partial charge in [-0.3, -0.25) is 4.79 Å². The molecule has 2 aromatic rings. The summed E-state index contributed by atoms with van der Waals surface area (Å²) < 4.78 is 41.5. The number of nitrogens with one attached hydrogen (secondary N) is 1. The van der Waals surface area contributed by atoms with Gasteiger partial charge in [-0.15, -0.1) is 0 Å². The Balaban J connectivity index is 1.31. The molecule has 2 aromatic carbocycles. The quantitative estimate of drug-likeness (QED) is 0.306. The molecule has 5 aliphatic rings. The minimum atomic E-state index is -3.88. The Morgan fingerprint density at radius 3 is 2.69 bits per heavy atom. The molecule has 3 heterocycles. The highest BCUT2D eigenvalue weighted by Crippen LogP contribution is 2.52. The van der Waals surface area contributed by atoms with Gasteiger partial charge in [0.1, 0.15) is 11.4 Å². The van der Waals surface area contributed by atoms with Crippen molar-refractivity contribution < 1.29 is 22.7 Å². The maximum Gasteiger partial charge on any atom is 0.264 e. The van der Waals surface area contributed by atoms with Crippen LogP contribution in [0.4, 0.5) is 5.69 Å². The standard InChI is InChI=1S/C33H39ClN2O5S/c1-21-5-3-14-33(20-41-33)28-10-7-25(28)17-36-18-32(13-4-6-23-15-26(34)9-11-27(23)32)19-40-30-12-8-24(16-29(30)36)31(37)35-42(38,39)22(21)2/h3,8-9,11-12,14-16,21-22,25,28H,4-7,10,13,17-20H2,1-2H3,(H,35,37)/b14-3+/t21-,22+,25-,28+,32-,33-/m0/s1. The van der Waals surface area contributed by atoms with E-state index in [0.717, 1.165) is 61.7 Å². The number of rotatable bonds is 0. The first-order chi connectivity index (χ1) is 20.1. The summed E-state index contributed by atoms with van der Waals surface area (Å²) in [5.74, 6) is 0.806. The fourth-order valence-electron chi connectivity index (χ4n) is 7.75. The number of halogens is 1. The number of sulfonamides is 1. The number of nitrogens with zero attached hydrogens (tertiary/aromatic N) is 1. The average molecular weight is 611 g/mol. The van der Waals surface area contributed by atoms with E-state index in [4.69, 9.17) is 21.1 Å². The van der Waals surface area contributed by atoms with Crippen molar-refractivity contribution in [3.05, 3.63) is 70.3 Å². The first-order valence-corrected chi connectivity index (χ1v) is 17.2. The maximum absolute atomic E-state index is 13.4. The number of carbonyl (C=O) groups excluding carboxylic acids is 1. The lowest BCUT2D eigenvalue weighted by Gasteiger charge is -2.45. The van der Waals surface area contributed by atoms with E-state index in [0.29, 0.717) is 37.0 Å². The van der Waals surface area contributed by atoms with Crippen LogP contribution in [0.15, 0.2) is 48.6 Å². The molecule has 2 fully saturated rings. The zero-order chi connectivity index (χ0) is 29.3. The molecule has 7 nitrogen and oxygen atoms in total. The van der Waals surface area contributed by atoms with Crippen molar-refractivity contribution in [1.82, 2.24) is 4.72 Å². The summed E-state index contributed by atoms with van der Waals surface area (Å²) in [5.41, 5.74) is 3.26. The monoisotopic (exact) mass is 610 g/mol. The topological polar surface area (TPSA) is 88.2 Å². The van der Waals surface area contributed by atoms with Crippen LogP contribution in [0, 0.1) is 17.8 Å². The van der Waals surface area contributed by atoms with Crippen LogP contribution in [0.25, 0.3) is 0 Å². The molecular formula is C33H39ClN2O5S. The maximum atomic E-state index is 13.4. The largest absolute Gasteiger partial charge is 0.490 e. The normalized spacial score (nSPS) is 36.1. The molecule has 3 aliphatic heterocycles. The number of amides is 1. The lowest BCUT2D eigenvalue weighted by Crippen LogP contribution is -2.50. The predicted molar refractivity (Wildman–Crippen MR) is 164 cm³/mol. The van der Waals surface area contributed by atoms with E-state index in [9.17, 15) is 13.2 Å². The van der Waals surface area contributed by atoms with Crippen molar-refractivity contribution >= 4 is 33.2 Å². The number of carbonyl (C=O) groups is 1. The molecule has 6 atom stereocenters. The van der Waals surface area contributed by atoms with Crippen LogP contribution < -0.4 is 14.4 Å². The van der Waals surface area contributed by atoms with Crippen molar-refractivity contribution in [2.24, 2.45) is 17.8 Å². The zero-order valence-electron chi connectivity index (χ0n) is 24.3. The molecule has 2 aliphatic carbocycles. The molecule has 0 aromatic heterocycles. The highest BCUT2D eigenvalue weighted by Gasteiger charge is 2.56. The Labute approximate surface area is 253 Å². The van der Waals surface area contributed by atoms with Gasteiger partial charge in [0, 0.05) is 29.1 Å². The van der Waals surface area contributed by atoms with Crippen molar-refractivity contribution in [3.63, 3.8) is 0 Å². The number of epoxide rings is 1. The van der Waals surface area contributed by atoms with E-state index >= 15 is 0 Å². The second kappa shape index (κ2) is 10.3. The molecule has 9 heteroatoms. The minimum absolute atomic E-state index is 0.159. The van der Waals surface area contributed by atoms with Crippen molar-refractivity contribution in [2.45, 2.75) is 68.6 Å². The number of benzene rings is 2. The number of anilines is 1. The third-order valence-electron chi connectivity index (χ3n) is 10.7. The van der Waals surface area contributed by atoms with Crippen LogP contribution in [-0.2, 0) is 26.6 Å². The number of fused-ring (bicyclic) bond motifs is 5. The van der Waals surface area contributed by atoms with Crippen LogP contribution in [0.2, 0.25) is 5.02 Å². The molecule has 42 heavy (non-hydrogen) atoms. The van der Waals surface area contributed by atoms with Gasteiger partial charge < -0.3 is 14.4 Å². The minimum Gasteiger partial charge on any atom is -0.490 e. The molecule has 7 rings (SSSR count). The Morgan fingerprint density at radius 1 is 1.10 bits per heavy atom. The smallest absolute Gasteiger partial charge is 0.264 e. The third-order valence-corrected chi connectivity index (χ3v) is 12.9. The van der Waals surface area contributed by atoms with Crippen LogP contribution in [0.3, 0.4) is 0 Å². The summed E-state index contributed by atoms with van der Waals surface area (Å²) in [4.78, 5) is 15.8. The van der Waals surface area contributed by atoms with Gasteiger partial charge >= 0.3 is 0 Å². The van der Waals surface area contributed by atoms with E-state index in [1.807, 2.05) is 25.1 Å².